The maximum absolute atomic E-state index is 9.00. The van der Waals surface area contributed by atoms with Crippen molar-refractivity contribution < 1.29 is 0 Å². The van der Waals surface area contributed by atoms with E-state index in [9.17, 15) is 0 Å². The third-order valence-corrected chi connectivity index (χ3v) is 5.57. The molecule has 0 amide bonds. The van der Waals surface area contributed by atoms with E-state index in [1.165, 1.54) is 16.8 Å². The second-order valence-corrected chi connectivity index (χ2v) is 7.27. The Balaban J connectivity index is 1.89. The number of hydrogen-bond donors (Lipinski definition) is 1. The molecular formula is C18H22N4S. The minimum absolute atomic E-state index is 0.0739. The topological polar surface area (TPSA) is 51.4 Å². The highest BCUT2D eigenvalue weighted by molar-refractivity contribution is 8.02. The van der Waals surface area contributed by atoms with E-state index in [0.29, 0.717) is 0 Å². The van der Waals surface area contributed by atoms with Gasteiger partial charge in [-0.25, -0.2) is 0 Å². The summed E-state index contributed by atoms with van der Waals surface area (Å²) in [6.07, 6.45) is 9.63. The molecule has 1 aliphatic carbocycles. The van der Waals surface area contributed by atoms with Crippen LogP contribution < -0.4 is 5.32 Å². The van der Waals surface area contributed by atoms with E-state index in [1.807, 2.05) is 18.0 Å². The number of nitrogens with zero attached hydrogens (tertiary/aromatic N) is 3. The van der Waals surface area contributed by atoms with Gasteiger partial charge in [0.1, 0.15) is 0 Å². The average Bonchev–Trinajstić information content (AvgIpc) is 2.85. The van der Waals surface area contributed by atoms with Crippen molar-refractivity contribution in [1.82, 2.24) is 10.2 Å². The first-order chi connectivity index (χ1) is 11.2. The predicted octanol–water partition coefficient (Wildman–Crippen LogP) is 2.85. The van der Waals surface area contributed by atoms with Crippen molar-refractivity contribution in [2.75, 3.05) is 32.9 Å². The van der Waals surface area contributed by atoms with E-state index < -0.39 is 0 Å². The van der Waals surface area contributed by atoms with Gasteiger partial charge in [-0.1, -0.05) is 11.6 Å². The molecule has 2 aliphatic heterocycles. The lowest BCUT2D eigenvalue weighted by molar-refractivity contribution is 0.405. The van der Waals surface area contributed by atoms with E-state index >= 15 is 0 Å². The molecule has 1 spiro atoms. The second-order valence-electron chi connectivity index (χ2n) is 6.42. The predicted molar refractivity (Wildman–Crippen MR) is 97.1 cm³/mol. The molecule has 3 aliphatic rings. The van der Waals surface area contributed by atoms with E-state index in [2.05, 4.69) is 47.9 Å². The van der Waals surface area contributed by atoms with E-state index in [1.54, 1.807) is 6.08 Å². The molecule has 0 aromatic rings. The van der Waals surface area contributed by atoms with E-state index in [4.69, 9.17) is 10.3 Å². The van der Waals surface area contributed by atoms with Crippen molar-refractivity contribution in [2.45, 2.75) is 12.8 Å². The molecule has 1 N–H and O–H groups in total. The molecule has 5 heteroatoms. The first-order valence-electron chi connectivity index (χ1n) is 7.89. The fourth-order valence-electron chi connectivity index (χ4n) is 3.34. The van der Waals surface area contributed by atoms with Crippen molar-refractivity contribution in [2.24, 2.45) is 10.4 Å². The zero-order valence-electron chi connectivity index (χ0n) is 13.7. The molecule has 0 saturated carbocycles. The van der Waals surface area contributed by atoms with Crippen LogP contribution in [0.15, 0.2) is 51.2 Å². The van der Waals surface area contributed by atoms with Gasteiger partial charge in [-0.15, -0.1) is 11.8 Å². The minimum atomic E-state index is -0.0739. The molecular weight excluding hydrogens is 304 g/mol. The molecule has 0 fully saturated rings. The number of rotatable bonds is 4. The van der Waals surface area contributed by atoms with Crippen LogP contribution in [0.5, 0.6) is 0 Å². The minimum Gasteiger partial charge on any atom is -0.383 e. The lowest BCUT2D eigenvalue weighted by Crippen LogP contribution is -2.33. The highest BCUT2D eigenvalue weighted by Crippen LogP contribution is 2.55. The molecule has 1 atom stereocenters. The zero-order valence-corrected chi connectivity index (χ0v) is 14.5. The number of aliphatic imine (C=N–C) groups is 1. The molecule has 3 rings (SSSR count). The Kier molecular flexibility index (Phi) is 4.74. The average molecular weight is 326 g/mol. The van der Waals surface area contributed by atoms with Gasteiger partial charge >= 0.3 is 0 Å². The third-order valence-electron chi connectivity index (χ3n) is 4.51. The number of nitrogens with one attached hydrogen (secondary N) is 1. The van der Waals surface area contributed by atoms with Crippen LogP contribution >= 0.6 is 11.8 Å². The van der Waals surface area contributed by atoms with E-state index in [-0.39, 0.29) is 5.41 Å². The Hall–Kier alpha value is -1.77. The SMILES string of the molecule is CN(C)CCNC1=CC=NC2=CCC(=CC#N)CC23CSC=C13. The van der Waals surface area contributed by atoms with Crippen LogP contribution in [0.4, 0.5) is 0 Å². The Labute approximate surface area is 142 Å². The fraction of sp³-hybridized carbons (Fsp3) is 0.444. The zero-order chi connectivity index (χ0) is 16.3. The van der Waals surface area contributed by atoms with Gasteiger partial charge in [-0.3, -0.25) is 4.99 Å². The Bertz CT molecular complexity index is 676. The summed E-state index contributed by atoms with van der Waals surface area (Å²) in [6.45, 7) is 1.90. The summed E-state index contributed by atoms with van der Waals surface area (Å²) in [6, 6.07) is 2.19. The van der Waals surface area contributed by atoms with Crippen LogP contribution in [0.3, 0.4) is 0 Å². The Morgan fingerprint density at radius 1 is 1.52 bits per heavy atom. The molecule has 120 valence electrons. The molecule has 0 saturated heterocycles. The summed E-state index contributed by atoms with van der Waals surface area (Å²) in [4.78, 5) is 6.88. The molecule has 0 aromatic carbocycles. The Morgan fingerprint density at radius 2 is 2.39 bits per heavy atom. The van der Waals surface area contributed by atoms with Crippen LogP contribution in [0, 0.1) is 16.7 Å². The van der Waals surface area contributed by atoms with Gasteiger partial charge in [0.15, 0.2) is 0 Å². The van der Waals surface area contributed by atoms with Crippen molar-refractivity contribution in [1.29, 1.82) is 5.26 Å². The van der Waals surface area contributed by atoms with Gasteiger partial charge in [-0.05, 0) is 44.0 Å². The van der Waals surface area contributed by atoms with Gasteiger partial charge in [0.2, 0.25) is 0 Å². The monoisotopic (exact) mass is 326 g/mol. The van der Waals surface area contributed by atoms with Crippen molar-refractivity contribution in [3.63, 3.8) is 0 Å². The normalized spacial score (nSPS) is 27.6. The first-order valence-corrected chi connectivity index (χ1v) is 8.94. The van der Waals surface area contributed by atoms with Crippen LogP contribution in [-0.2, 0) is 0 Å². The van der Waals surface area contributed by atoms with Crippen LogP contribution in [0.1, 0.15) is 12.8 Å². The highest BCUT2D eigenvalue weighted by Gasteiger charge is 2.45. The van der Waals surface area contributed by atoms with Gasteiger partial charge in [0.25, 0.3) is 0 Å². The number of thioether (sulfide) groups is 1. The second kappa shape index (κ2) is 6.77. The molecule has 4 nitrogen and oxygen atoms in total. The van der Waals surface area contributed by atoms with Gasteiger partial charge in [0, 0.05) is 42.5 Å². The lowest BCUT2D eigenvalue weighted by atomic mass is 9.70. The number of likely N-dealkylation sites (N-methyl/N-ethyl adjacent to an activating group) is 1. The van der Waals surface area contributed by atoms with Crippen LogP contribution in [0.25, 0.3) is 0 Å². The number of hydrogen-bond acceptors (Lipinski definition) is 5. The summed E-state index contributed by atoms with van der Waals surface area (Å²) in [7, 11) is 4.16. The van der Waals surface area contributed by atoms with Crippen molar-refractivity contribution in [3.05, 3.63) is 46.2 Å². The van der Waals surface area contributed by atoms with Crippen molar-refractivity contribution in [3.8, 4) is 6.07 Å². The maximum Gasteiger partial charge on any atom is 0.0911 e. The molecule has 0 aromatic heterocycles. The quantitative estimate of drug-likeness (QED) is 0.807. The smallest absolute Gasteiger partial charge is 0.0911 e. The summed E-state index contributed by atoms with van der Waals surface area (Å²) in [5.41, 5.74) is 4.78. The first kappa shape index (κ1) is 16.1. The summed E-state index contributed by atoms with van der Waals surface area (Å²) < 4.78 is 0. The molecule has 1 unspecified atom stereocenters. The molecule has 23 heavy (non-hydrogen) atoms. The highest BCUT2D eigenvalue weighted by atomic mass is 32.2. The number of allylic oxidation sites excluding steroid dienone is 6. The molecule has 0 radical (unpaired) electrons. The van der Waals surface area contributed by atoms with Gasteiger partial charge < -0.3 is 10.2 Å². The van der Waals surface area contributed by atoms with Gasteiger partial charge in [-0.2, -0.15) is 5.26 Å². The van der Waals surface area contributed by atoms with Crippen LogP contribution in [0.2, 0.25) is 0 Å². The molecule has 2 heterocycles. The Morgan fingerprint density at radius 3 is 3.17 bits per heavy atom. The molecule has 0 bridgehead atoms. The van der Waals surface area contributed by atoms with Crippen LogP contribution in [-0.4, -0.2) is 44.1 Å². The largest absolute Gasteiger partial charge is 0.383 e. The van der Waals surface area contributed by atoms with Gasteiger partial charge in [0.05, 0.1) is 11.5 Å². The van der Waals surface area contributed by atoms with E-state index in [0.717, 1.165) is 37.4 Å². The summed E-state index contributed by atoms with van der Waals surface area (Å²) in [5.74, 6) is 1.00. The summed E-state index contributed by atoms with van der Waals surface area (Å²) >= 11 is 1.85. The lowest BCUT2D eigenvalue weighted by Gasteiger charge is -2.36. The fourth-order valence-corrected chi connectivity index (χ4v) is 4.63. The van der Waals surface area contributed by atoms with Crippen molar-refractivity contribution >= 4 is 18.0 Å². The standard InChI is InChI=1S/C18H22N4S/c1-22(2)10-9-20-16-6-8-21-17-4-3-14(5-7-19)11-18(17)13-23-12-15(16)18/h4-6,8,12,20H,3,9-11,13H2,1-2H3. The number of nitriles is 1. The summed E-state index contributed by atoms with van der Waals surface area (Å²) in [5, 5.41) is 14.8. The maximum atomic E-state index is 9.00. The third kappa shape index (κ3) is 3.15.